The molecular weight excluding hydrogens is 440 g/mol. The lowest BCUT2D eigenvalue weighted by molar-refractivity contribution is -0.151. The lowest BCUT2D eigenvalue weighted by Crippen LogP contribution is -2.42. The molecule has 0 aliphatic heterocycles. The van der Waals surface area contributed by atoms with Crippen LogP contribution in [0.3, 0.4) is 0 Å². The average Bonchev–Trinajstić information content (AvgIpc) is 3.50. The number of amides is 1. The molecule has 0 saturated heterocycles. The Labute approximate surface area is 177 Å². The monoisotopic (exact) mass is 462 g/mol. The van der Waals surface area contributed by atoms with Crippen LogP contribution in [0.15, 0.2) is 41.0 Å². The van der Waals surface area contributed by atoms with Crippen molar-refractivity contribution in [3.8, 4) is 11.5 Å². The standard InChI is InChI=1S/C21H23BrN2O5/c1-12(24-19(26)17-18(25)16(28-3)8-11-23-17)20(27)29-13(2)21(9-10-21)14-4-6-15(22)7-5-14/h4-8,11-13,25H,9-10H2,1-3H3,(H,24,26). The van der Waals surface area contributed by atoms with Crippen molar-refractivity contribution in [2.45, 2.75) is 44.2 Å². The number of halogens is 1. The molecule has 0 spiro atoms. The molecule has 8 heteroatoms. The number of nitrogens with zero attached hydrogens (tertiary/aromatic N) is 1. The molecule has 2 aromatic rings. The lowest BCUT2D eigenvalue weighted by atomic mass is 9.91. The number of aromatic nitrogens is 1. The van der Waals surface area contributed by atoms with Gasteiger partial charge in [-0.15, -0.1) is 0 Å². The number of benzene rings is 1. The summed E-state index contributed by atoms with van der Waals surface area (Å²) >= 11 is 3.43. The number of nitrogens with one attached hydrogen (secondary N) is 1. The maximum Gasteiger partial charge on any atom is 0.328 e. The van der Waals surface area contributed by atoms with E-state index < -0.39 is 17.9 Å². The van der Waals surface area contributed by atoms with E-state index in [0.29, 0.717) is 0 Å². The molecule has 29 heavy (non-hydrogen) atoms. The first-order valence-corrected chi connectivity index (χ1v) is 10.1. The smallest absolute Gasteiger partial charge is 0.328 e. The van der Waals surface area contributed by atoms with Crippen LogP contribution >= 0.6 is 15.9 Å². The third-order valence-corrected chi connectivity index (χ3v) is 5.83. The number of hydrogen-bond donors (Lipinski definition) is 2. The van der Waals surface area contributed by atoms with Gasteiger partial charge in [0.1, 0.15) is 12.1 Å². The minimum absolute atomic E-state index is 0.124. The van der Waals surface area contributed by atoms with Gasteiger partial charge in [-0.1, -0.05) is 28.1 Å². The fraction of sp³-hybridized carbons (Fsp3) is 0.381. The number of hydrogen-bond acceptors (Lipinski definition) is 6. The summed E-state index contributed by atoms with van der Waals surface area (Å²) in [7, 11) is 1.37. The van der Waals surface area contributed by atoms with Crippen LogP contribution in [0, 0.1) is 0 Å². The Hall–Kier alpha value is -2.61. The van der Waals surface area contributed by atoms with Crippen molar-refractivity contribution in [2.24, 2.45) is 0 Å². The molecule has 1 aliphatic rings. The summed E-state index contributed by atoms with van der Waals surface area (Å²) in [6.45, 7) is 3.40. The summed E-state index contributed by atoms with van der Waals surface area (Å²) in [4.78, 5) is 28.8. The molecule has 1 heterocycles. The van der Waals surface area contributed by atoms with E-state index in [-0.39, 0.29) is 28.7 Å². The summed E-state index contributed by atoms with van der Waals surface area (Å²) in [5.74, 6) is -1.49. The topological polar surface area (TPSA) is 97.8 Å². The molecule has 2 N–H and O–H groups in total. The van der Waals surface area contributed by atoms with Crippen molar-refractivity contribution in [2.75, 3.05) is 7.11 Å². The molecular formula is C21H23BrN2O5. The van der Waals surface area contributed by atoms with Gasteiger partial charge < -0.3 is 19.9 Å². The molecule has 2 atom stereocenters. The van der Waals surface area contributed by atoms with Gasteiger partial charge in [0.15, 0.2) is 17.2 Å². The molecule has 1 aromatic heterocycles. The molecule has 0 bridgehead atoms. The lowest BCUT2D eigenvalue weighted by Gasteiger charge is -2.25. The van der Waals surface area contributed by atoms with Crippen LogP contribution in [0.25, 0.3) is 0 Å². The molecule has 3 rings (SSSR count). The number of carbonyl (C=O) groups is 2. The number of carbonyl (C=O) groups excluding carboxylic acids is 2. The molecule has 154 valence electrons. The minimum atomic E-state index is -0.905. The highest BCUT2D eigenvalue weighted by Gasteiger charge is 2.51. The maximum atomic E-state index is 12.5. The van der Waals surface area contributed by atoms with Gasteiger partial charge in [-0.2, -0.15) is 0 Å². The first-order chi connectivity index (χ1) is 13.8. The molecule has 1 aliphatic carbocycles. The summed E-state index contributed by atoms with van der Waals surface area (Å²) in [5.41, 5.74) is 0.723. The number of pyridine rings is 1. The molecule has 1 saturated carbocycles. The highest BCUT2D eigenvalue weighted by Crippen LogP contribution is 2.52. The van der Waals surface area contributed by atoms with Crippen LogP contribution < -0.4 is 10.1 Å². The van der Waals surface area contributed by atoms with Gasteiger partial charge in [0.05, 0.1) is 7.11 Å². The van der Waals surface area contributed by atoms with Gasteiger partial charge in [0.2, 0.25) is 0 Å². The molecule has 1 amide bonds. The second kappa shape index (κ2) is 8.41. The maximum absolute atomic E-state index is 12.5. The van der Waals surface area contributed by atoms with Crippen molar-refractivity contribution >= 4 is 27.8 Å². The average molecular weight is 463 g/mol. The Morgan fingerprint density at radius 2 is 1.86 bits per heavy atom. The van der Waals surface area contributed by atoms with Crippen molar-refractivity contribution in [1.82, 2.24) is 10.3 Å². The van der Waals surface area contributed by atoms with Crippen LogP contribution in [-0.2, 0) is 14.9 Å². The quantitative estimate of drug-likeness (QED) is 0.612. The Balaban J connectivity index is 1.63. The van der Waals surface area contributed by atoms with Crippen molar-refractivity contribution in [3.05, 3.63) is 52.3 Å². The van der Waals surface area contributed by atoms with Crippen molar-refractivity contribution in [1.29, 1.82) is 0 Å². The zero-order valence-electron chi connectivity index (χ0n) is 16.4. The van der Waals surface area contributed by atoms with E-state index in [1.165, 1.54) is 26.3 Å². The largest absolute Gasteiger partial charge is 0.503 e. The number of aromatic hydroxyl groups is 1. The minimum Gasteiger partial charge on any atom is -0.503 e. The zero-order chi connectivity index (χ0) is 21.2. The predicted octanol–water partition coefficient (Wildman–Crippen LogP) is 3.34. The SMILES string of the molecule is COc1ccnc(C(=O)NC(C)C(=O)OC(C)C2(c3ccc(Br)cc3)CC2)c1O. The fourth-order valence-corrected chi connectivity index (χ4v) is 3.59. The van der Waals surface area contributed by atoms with Crippen LogP contribution in [0.4, 0.5) is 0 Å². The van der Waals surface area contributed by atoms with Crippen molar-refractivity contribution in [3.63, 3.8) is 0 Å². The van der Waals surface area contributed by atoms with E-state index in [4.69, 9.17) is 9.47 Å². The van der Waals surface area contributed by atoms with Crippen LogP contribution in [0.1, 0.15) is 42.7 Å². The summed E-state index contributed by atoms with van der Waals surface area (Å²) in [6, 6.07) is 8.54. The third-order valence-electron chi connectivity index (χ3n) is 5.30. The highest BCUT2D eigenvalue weighted by molar-refractivity contribution is 9.10. The van der Waals surface area contributed by atoms with E-state index in [2.05, 4.69) is 26.2 Å². The summed E-state index contributed by atoms with van der Waals surface area (Å²) < 4.78 is 11.6. The first-order valence-electron chi connectivity index (χ1n) is 9.28. The van der Waals surface area contributed by atoms with E-state index in [0.717, 1.165) is 22.9 Å². The van der Waals surface area contributed by atoms with Crippen molar-refractivity contribution < 1.29 is 24.2 Å². The predicted molar refractivity (Wildman–Crippen MR) is 110 cm³/mol. The Bertz CT molecular complexity index is 912. The van der Waals surface area contributed by atoms with Gasteiger partial charge in [-0.25, -0.2) is 9.78 Å². The van der Waals surface area contributed by atoms with Gasteiger partial charge in [-0.05, 0) is 44.4 Å². The van der Waals surface area contributed by atoms with Gasteiger partial charge in [0, 0.05) is 22.2 Å². The third kappa shape index (κ3) is 4.37. The van der Waals surface area contributed by atoms with Gasteiger partial charge >= 0.3 is 5.97 Å². The number of rotatable bonds is 7. The Morgan fingerprint density at radius 3 is 2.45 bits per heavy atom. The van der Waals surface area contributed by atoms with Crippen LogP contribution in [-0.4, -0.2) is 41.2 Å². The Morgan fingerprint density at radius 1 is 1.21 bits per heavy atom. The molecule has 0 radical (unpaired) electrons. The summed E-state index contributed by atoms with van der Waals surface area (Å²) in [6.07, 6.45) is 2.88. The molecule has 7 nitrogen and oxygen atoms in total. The number of methoxy groups -OCH3 is 1. The fourth-order valence-electron chi connectivity index (χ4n) is 3.33. The van der Waals surface area contributed by atoms with E-state index in [1.54, 1.807) is 0 Å². The molecule has 1 aromatic carbocycles. The normalized spacial score (nSPS) is 16.4. The highest BCUT2D eigenvalue weighted by atomic mass is 79.9. The molecule has 1 fully saturated rings. The second-order valence-electron chi connectivity index (χ2n) is 7.15. The van der Waals surface area contributed by atoms with E-state index in [1.807, 2.05) is 31.2 Å². The van der Waals surface area contributed by atoms with Crippen LogP contribution in [0.5, 0.6) is 11.5 Å². The second-order valence-corrected chi connectivity index (χ2v) is 8.06. The van der Waals surface area contributed by atoms with Crippen LogP contribution in [0.2, 0.25) is 0 Å². The van der Waals surface area contributed by atoms with Gasteiger partial charge in [-0.3, -0.25) is 4.79 Å². The number of ether oxygens (including phenoxy) is 2. The first kappa shape index (κ1) is 21.1. The zero-order valence-corrected chi connectivity index (χ0v) is 18.0. The van der Waals surface area contributed by atoms with E-state index in [9.17, 15) is 14.7 Å². The Kier molecular flexibility index (Phi) is 6.12. The number of esters is 1. The molecule has 2 unspecified atom stereocenters. The van der Waals surface area contributed by atoms with Gasteiger partial charge in [0.25, 0.3) is 5.91 Å². The summed E-state index contributed by atoms with van der Waals surface area (Å²) in [5, 5.41) is 12.6. The van der Waals surface area contributed by atoms with E-state index >= 15 is 0 Å².